The van der Waals surface area contributed by atoms with Gasteiger partial charge in [-0.05, 0) is 32.0 Å². The van der Waals surface area contributed by atoms with Crippen molar-refractivity contribution in [3.05, 3.63) is 48.0 Å². The van der Waals surface area contributed by atoms with Crippen LogP contribution in [0.5, 0.6) is 5.75 Å². The van der Waals surface area contributed by atoms with Crippen LogP contribution in [0.4, 0.5) is 20.2 Å². The van der Waals surface area contributed by atoms with E-state index in [0.717, 1.165) is 29.5 Å². The molecule has 29 heavy (non-hydrogen) atoms. The smallest absolute Gasteiger partial charge is 0.264 e. The average Bonchev–Trinajstić information content (AvgIpc) is 2.67. The maximum Gasteiger partial charge on any atom is 0.264 e. The normalized spacial score (nSPS) is 18.9. The minimum Gasteiger partial charge on any atom is -0.482 e. The molecule has 0 aromatic heterocycles. The first-order valence-corrected chi connectivity index (χ1v) is 10.9. The first kappa shape index (κ1) is 19.9. The summed E-state index contributed by atoms with van der Waals surface area (Å²) in [6.07, 6.45) is 0. The van der Waals surface area contributed by atoms with Gasteiger partial charge in [-0.15, -0.1) is 0 Å². The molecule has 9 heteroatoms. The lowest BCUT2D eigenvalue weighted by Gasteiger charge is -2.42. The SMILES string of the molecule is CC1(C)CN(S(=O)(=O)c2cccc(F)c2)c2cc(F)cc(N3CCNCC3)c2O1. The molecule has 0 bridgehead atoms. The fraction of sp³-hybridized carbons (Fsp3) is 0.400. The molecule has 0 atom stereocenters. The van der Waals surface area contributed by atoms with Crippen molar-refractivity contribution < 1.29 is 21.9 Å². The standard InChI is InChI=1S/C20H23F2N3O3S/c1-20(2)13-25(29(26,27)16-5-3-4-14(21)10-16)18-12-15(22)11-17(19(18)28-20)24-8-6-23-7-9-24/h3-5,10-12,23H,6-9,13H2,1-2H3. The molecule has 0 radical (unpaired) electrons. The Hall–Kier alpha value is -2.39. The first-order valence-electron chi connectivity index (χ1n) is 9.44. The van der Waals surface area contributed by atoms with Crippen LogP contribution < -0.4 is 19.3 Å². The van der Waals surface area contributed by atoms with Crippen LogP contribution in [0.25, 0.3) is 0 Å². The maximum absolute atomic E-state index is 14.6. The predicted octanol–water partition coefficient (Wildman–Crippen LogP) is 2.74. The Morgan fingerprint density at radius 1 is 1.03 bits per heavy atom. The van der Waals surface area contributed by atoms with Crippen LogP contribution in [0, 0.1) is 11.6 Å². The number of piperazine rings is 1. The Morgan fingerprint density at radius 3 is 2.41 bits per heavy atom. The number of hydrogen-bond donors (Lipinski definition) is 1. The lowest BCUT2D eigenvalue weighted by Crippen LogP contribution is -2.50. The summed E-state index contributed by atoms with van der Waals surface area (Å²) in [5, 5.41) is 3.24. The molecule has 2 aliphatic heterocycles. The van der Waals surface area contributed by atoms with Gasteiger partial charge in [0.1, 0.15) is 17.2 Å². The fourth-order valence-electron chi connectivity index (χ4n) is 3.70. The van der Waals surface area contributed by atoms with E-state index in [1.54, 1.807) is 13.8 Å². The summed E-state index contributed by atoms with van der Waals surface area (Å²) in [5.41, 5.74) is -0.204. The Bertz CT molecular complexity index is 1040. The van der Waals surface area contributed by atoms with Crippen LogP contribution in [-0.2, 0) is 10.0 Å². The van der Waals surface area contributed by atoms with Crippen molar-refractivity contribution in [1.82, 2.24) is 5.32 Å². The number of nitrogens with zero attached hydrogens (tertiary/aromatic N) is 2. The average molecular weight is 423 g/mol. The quantitative estimate of drug-likeness (QED) is 0.823. The summed E-state index contributed by atoms with van der Waals surface area (Å²) in [6.45, 7) is 6.29. The first-order chi connectivity index (χ1) is 13.7. The molecule has 2 heterocycles. The molecule has 6 nitrogen and oxygen atoms in total. The van der Waals surface area contributed by atoms with Gasteiger partial charge in [-0.25, -0.2) is 17.2 Å². The number of hydrogen-bond acceptors (Lipinski definition) is 5. The van der Waals surface area contributed by atoms with Gasteiger partial charge in [-0.2, -0.15) is 0 Å². The number of benzene rings is 2. The third-order valence-corrected chi connectivity index (χ3v) is 6.78. The van der Waals surface area contributed by atoms with E-state index in [4.69, 9.17) is 4.74 Å². The van der Waals surface area contributed by atoms with E-state index in [0.29, 0.717) is 24.5 Å². The van der Waals surface area contributed by atoms with Gasteiger partial charge in [0.25, 0.3) is 10.0 Å². The van der Waals surface area contributed by atoms with E-state index in [1.807, 2.05) is 4.90 Å². The molecule has 0 spiro atoms. The molecule has 1 fully saturated rings. The highest BCUT2D eigenvalue weighted by atomic mass is 32.2. The highest BCUT2D eigenvalue weighted by molar-refractivity contribution is 7.92. The number of nitrogens with one attached hydrogen (secondary N) is 1. The summed E-state index contributed by atoms with van der Waals surface area (Å²) in [4.78, 5) is 1.79. The predicted molar refractivity (Wildman–Crippen MR) is 107 cm³/mol. The second-order valence-electron chi connectivity index (χ2n) is 7.84. The monoisotopic (exact) mass is 423 g/mol. The van der Waals surface area contributed by atoms with Crippen LogP contribution in [0.1, 0.15) is 13.8 Å². The molecule has 0 saturated carbocycles. The third-order valence-electron chi connectivity index (χ3n) is 5.03. The number of halogens is 2. The van der Waals surface area contributed by atoms with Crippen LogP contribution in [0.2, 0.25) is 0 Å². The van der Waals surface area contributed by atoms with Crippen molar-refractivity contribution in [3.63, 3.8) is 0 Å². The van der Waals surface area contributed by atoms with Gasteiger partial charge in [0.15, 0.2) is 5.75 Å². The number of rotatable bonds is 3. The van der Waals surface area contributed by atoms with E-state index >= 15 is 0 Å². The zero-order chi connectivity index (χ0) is 20.8. The molecule has 2 aromatic carbocycles. The van der Waals surface area contributed by atoms with Crippen molar-refractivity contribution >= 4 is 21.4 Å². The molecule has 156 valence electrons. The van der Waals surface area contributed by atoms with Crippen LogP contribution >= 0.6 is 0 Å². The van der Waals surface area contributed by atoms with Crippen LogP contribution in [-0.4, -0.2) is 46.7 Å². The Balaban J connectivity index is 1.87. The third kappa shape index (κ3) is 3.76. The van der Waals surface area contributed by atoms with E-state index in [2.05, 4.69) is 5.32 Å². The second kappa shape index (κ2) is 7.14. The van der Waals surface area contributed by atoms with Gasteiger partial charge in [0, 0.05) is 38.3 Å². The summed E-state index contributed by atoms with van der Waals surface area (Å²) in [6, 6.07) is 7.35. The largest absolute Gasteiger partial charge is 0.482 e. The Kier molecular flexibility index (Phi) is 4.90. The summed E-state index contributed by atoms with van der Waals surface area (Å²) in [7, 11) is -4.12. The van der Waals surface area contributed by atoms with Crippen LogP contribution in [0.15, 0.2) is 41.3 Å². The Labute approximate surface area is 169 Å². The molecule has 2 aliphatic rings. The molecule has 2 aromatic rings. The number of sulfonamides is 1. The molecule has 1 saturated heterocycles. The topological polar surface area (TPSA) is 61.9 Å². The van der Waals surface area contributed by atoms with Crippen molar-refractivity contribution in [2.24, 2.45) is 0 Å². The molecule has 0 amide bonds. The minimum atomic E-state index is -4.12. The van der Waals surface area contributed by atoms with Gasteiger partial charge in [0.2, 0.25) is 0 Å². The summed E-state index contributed by atoms with van der Waals surface area (Å²) in [5.74, 6) is -0.885. The van der Waals surface area contributed by atoms with Crippen molar-refractivity contribution in [1.29, 1.82) is 0 Å². The summed E-state index contributed by atoms with van der Waals surface area (Å²) < 4.78 is 62.2. The lowest BCUT2D eigenvalue weighted by atomic mass is 10.1. The molecule has 0 aliphatic carbocycles. The molecular weight excluding hydrogens is 400 g/mol. The highest BCUT2D eigenvalue weighted by Crippen LogP contribution is 2.46. The van der Waals surface area contributed by atoms with Crippen molar-refractivity contribution in [3.8, 4) is 5.75 Å². The van der Waals surface area contributed by atoms with E-state index in [1.165, 1.54) is 24.3 Å². The number of ether oxygens (including phenoxy) is 1. The maximum atomic E-state index is 14.6. The minimum absolute atomic E-state index is 0.0245. The molecule has 4 rings (SSSR count). The van der Waals surface area contributed by atoms with E-state index in [9.17, 15) is 17.2 Å². The van der Waals surface area contributed by atoms with E-state index in [-0.39, 0.29) is 17.1 Å². The van der Waals surface area contributed by atoms with Gasteiger partial charge in [-0.1, -0.05) is 6.07 Å². The van der Waals surface area contributed by atoms with Gasteiger partial charge in [0.05, 0.1) is 22.8 Å². The van der Waals surface area contributed by atoms with E-state index < -0.39 is 27.3 Å². The Morgan fingerprint density at radius 2 is 1.72 bits per heavy atom. The van der Waals surface area contributed by atoms with Crippen molar-refractivity contribution in [2.75, 3.05) is 41.9 Å². The zero-order valence-electron chi connectivity index (χ0n) is 16.3. The highest BCUT2D eigenvalue weighted by Gasteiger charge is 2.41. The van der Waals surface area contributed by atoms with Gasteiger partial charge >= 0.3 is 0 Å². The lowest BCUT2D eigenvalue weighted by molar-refractivity contribution is 0.111. The van der Waals surface area contributed by atoms with Crippen LogP contribution in [0.3, 0.4) is 0 Å². The molecule has 1 N–H and O–H groups in total. The van der Waals surface area contributed by atoms with Gasteiger partial charge < -0.3 is 15.0 Å². The number of fused-ring (bicyclic) bond motifs is 1. The number of anilines is 2. The molecular formula is C20H23F2N3O3S. The second-order valence-corrected chi connectivity index (χ2v) is 9.70. The fourth-order valence-corrected chi connectivity index (χ4v) is 5.35. The van der Waals surface area contributed by atoms with Crippen molar-refractivity contribution in [2.45, 2.75) is 24.3 Å². The summed E-state index contributed by atoms with van der Waals surface area (Å²) >= 11 is 0. The van der Waals surface area contributed by atoms with Gasteiger partial charge in [-0.3, -0.25) is 4.31 Å². The zero-order valence-corrected chi connectivity index (χ0v) is 17.1. The molecule has 0 unspecified atom stereocenters.